The summed E-state index contributed by atoms with van der Waals surface area (Å²) in [4.78, 5) is 24.4. The molecule has 1 amide bonds. The highest BCUT2D eigenvalue weighted by Gasteiger charge is 2.23. The molecule has 0 unspecified atom stereocenters. The Bertz CT molecular complexity index is 570. The van der Waals surface area contributed by atoms with Crippen molar-refractivity contribution in [2.75, 3.05) is 18.0 Å². The number of benzene rings is 1. The summed E-state index contributed by atoms with van der Waals surface area (Å²) in [5.41, 5.74) is 5.84. The molecule has 0 saturated carbocycles. The van der Waals surface area contributed by atoms with Gasteiger partial charge in [0.05, 0.1) is 4.92 Å². The van der Waals surface area contributed by atoms with Gasteiger partial charge in [-0.15, -0.1) is 0 Å². The maximum atomic E-state index is 11.7. The molecule has 0 radical (unpaired) electrons. The molecule has 0 bridgehead atoms. The fourth-order valence-corrected chi connectivity index (χ4v) is 2.31. The minimum absolute atomic E-state index is 0.0810. The highest BCUT2D eigenvalue weighted by molar-refractivity contribution is 7.80. The second-order valence-corrected chi connectivity index (χ2v) is 4.91. The van der Waals surface area contributed by atoms with Gasteiger partial charge in [0.25, 0.3) is 11.6 Å². The Morgan fingerprint density at radius 3 is 2.60 bits per heavy atom. The van der Waals surface area contributed by atoms with Gasteiger partial charge >= 0.3 is 0 Å². The molecular formula is C12H14N4O3S. The van der Waals surface area contributed by atoms with E-state index in [0.29, 0.717) is 5.69 Å². The number of nitrogens with two attached hydrogens (primary N) is 1. The Morgan fingerprint density at radius 2 is 2.05 bits per heavy atom. The molecule has 7 nitrogen and oxygen atoms in total. The van der Waals surface area contributed by atoms with Gasteiger partial charge in [0.15, 0.2) is 5.11 Å². The summed E-state index contributed by atoms with van der Waals surface area (Å²) >= 11 is 4.57. The van der Waals surface area contributed by atoms with E-state index in [1.165, 1.54) is 12.1 Å². The average Bonchev–Trinajstić information content (AvgIpc) is 2.90. The maximum Gasteiger partial charge on any atom is 0.293 e. The number of nitro benzene ring substituents is 1. The third-order valence-corrected chi connectivity index (χ3v) is 3.22. The minimum atomic E-state index is -0.548. The van der Waals surface area contributed by atoms with Gasteiger partial charge in [-0.05, 0) is 37.2 Å². The summed E-state index contributed by atoms with van der Waals surface area (Å²) in [6.45, 7) is 1.58. The minimum Gasteiger partial charge on any atom is -0.376 e. The summed E-state index contributed by atoms with van der Waals surface area (Å²) in [6.07, 6.45) is 2.03. The molecule has 20 heavy (non-hydrogen) atoms. The van der Waals surface area contributed by atoms with Gasteiger partial charge in [0.2, 0.25) is 0 Å². The van der Waals surface area contributed by atoms with Gasteiger partial charge in [0.1, 0.15) is 5.69 Å². The van der Waals surface area contributed by atoms with Crippen molar-refractivity contribution in [3.63, 3.8) is 0 Å². The van der Waals surface area contributed by atoms with E-state index in [0.717, 1.165) is 25.9 Å². The fourth-order valence-electron chi connectivity index (χ4n) is 2.22. The molecule has 1 heterocycles. The van der Waals surface area contributed by atoms with Crippen molar-refractivity contribution in [1.29, 1.82) is 0 Å². The predicted octanol–water partition coefficient (Wildman–Crippen LogP) is 1.17. The zero-order valence-electron chi connectivity index (χ0n) is 10.7. The second-order valence-electron chi connectivity index (χ2n) is 4.47. The number of carbonyl (C=O) groups is 1. The molecule has 0 aliphatic carbocycles. The molecule has 1 saturated heterocycles. The number of nitro groups is 1. The second kappa shape index (κ2) is 5.83. The summed E-state index contributed by atoms with van der Waals surface area (Å²) in [6, 6.07) is 4.38. The van der Waals surface area contributed by atoms with Crippen molar-refractivity contribution in [2.24, 2.45) is 5.73 Å². The standard InChI is InChI=1S/C12H14N4O3S/c13-12(20)14-11(17)8-3-4-9(10(7-8)16(18)19)15-5-1-2-6-15/h3-4,7H,1-2,5-6H2,(H3,13,14,17,20). The Balaban J connectivity index is 2.34. The van der Waals surface area contributed by atoms with Crippen LogP contribution in [0.25, 0.3) is 0 Å². The Hall–Kier alpha value is -2.22. The summed E-state index contributed by atoms with van der Waals surface area (Å²) in [5, 5.41) is 13.3. The summed E-state index contributed by atoms with van der Waals surface area (Å²) in [7, 11) is 0. The highest BCUT2D eigenvalue weighted by atomic mass is 32.1. The lowest BCUT2D eigenvalue weighted by molar-refractivity contribution is -0.384. The number of hydrogen-bond donors (Lipinski definition) is 2. The van der Waals surface area contributed by atoms with Crippen molar-refractivity contribution in [3.05, 3.63) is 33.9 Å². The van der Waals surface area contributed by atoms with E-state index in [4.69, 9.17) is 5.73 Å². The Morgan fingerprint density at radius 1 is 1.40 bits per heavy atom. The van der Waals surface area contributed by atoms with Gasteiger partial charge in [-0.3, -0.25) is 20.2 Å². The molecule has 2 rings (SSSR count). The molecule has 0 spiro atoms. The molecule has 1 aliphatic heterocycles. The molecule has 3 N–H and O–H groups in total. The topological polar surface area (TPSA) is 102 Å². The third-order valence-electron chi connectivity index (χ3n) is 3.12. The van der Waals surface area contributed by atoms with Crippen LogP contribution in [0.4, 0.5) is 11.4 Å². The first-order chi connectivity index (χ1) is 9.49. The van der Waals surface area contributed by atoms with Crippen molar-refractivity contribution >= 4 is 34.6 Å². The summed E-state index contributed by atoms with van der Waals surface area (Å²) < 4.78 is 0. The van der Waals surface area contributed by atoms with Crippen LogP contribution in [0.3, 0.4) is 0 Å². The third kappa shape index (κ3) is 3.02. The normalized spacial score (nSPS) is 14.1. The predicted molar refractivity (Wildman–Crippen MR) is 78.8 cm³/mol. The van der Waals surface area contributed by atoms with Gasteiger partial charge in [-0.25, -0.2) is 0 Å². The van der Waals surface area contributed by atoms with Gasteiger partial charge in [-0.1, -0.05) is 0 Å². The highest BCUT2D eigenvalue weighted by Crippen LogP contribution is 2.31. The van der Waals surface area contributed by atoms with Crippen LogP contribution in [0.2, 0.25) is 0 Å². The largest absolute Gasteiger partial charge is 0.376 e. The number of nitrogens with zero attached hydrogens (tertiary/aromatic N) is 2. The Kier molecular flexibility index (Phi) is 4.14. The number of amides is 1. The molecule has 1 aromatic rings. The molecule has 0 atom stereocenters. The lowest BCUT2D eigenvalue weighted by Crippen LogP contribution is -2.34. The van der Waals surface area contributed by atoms with E-state index in [1.54, 1.807) is 6.07 Å². The van der Waals surface area contributed by atoms with E-state index < -0.39 is 10.8 Å². The van der Waals surface area contributed by atoms with Crippen LogP contribution >= 0.6 is 12.2 Å². The molecule has 1 aromatic carbocycles. The average molecular weight is 294 g/mol. The monoisotopic (exact) mass is 294 g/mol. The number of hydrogen-bond acceptors (Lipinski definition) is 5. The summed E-state index contributed by atoms with van der Waals surface area (Å²) in [5.74, 6) is -0.548. The van der Waals surface area contributed by atoms with Crippen LogP contribution in [0.1, 0.15) is 23.2 Å². The molecule has 8 heteroatoms. The van der Waals surface area contributed by atoms with E-state index in [1.807, 2.05) is 4.90 Å². The first-order valence-corrected chi connectivity index (χ1v) is 6.54. The van der Waals surface area contributed by atoms with E-state index in [9.17, 15) is 14.9 Å². The molecule has 1 fully saturated rings. The van der Waals surface area contributed by atoms with E-state index in [-0.39, 0.29) is 16.4 Å². The van der Waals surface area contributed by atoms with Gasteiger partial charge in [0, 0.05) is 24.7 Å². The van der Waals surface area contributed by atoms with Gasteiger partial charge < -0.3 is 10.6 Å². The van der Waals surface area contributed by atoms with Crippen molar-refractivity contribution < 1.29 is 9.72 Å². The van der Waals surface area contributed by atoms with Crippen LogP contribution in [-0.4, -0.2) is 29.0 Å². The molecular weight excluding hydrogens is 280 g/mol. The Labute approximate surface area is 120 Å². The number of thiocarbonyl (C=S) groups is 1. The lowest BCUT2D eigenvalue weighted by Gasteiger charge is -2.17. The SMILES string of the molecule is NC(=S)NC(=O)c1ccc(N2CCCC2)c([N+](=O)[O-])c1. The fraction of sp³-hybridized carbons (Fsp3) is 0.333. The molecule has 1 aliphatic rings. The maximum absolute atomic E-state index is 11.7. The van der Waals surface area contributed by atoms with Crippen molar-refractivity contribution in [3.8, 4) is 0 Å². The van der Waals surface area contributed by atoms with Crippen molar-refractivity contribution in [2.45, 2.75) is 12.8 Å². The number of rotatable bonds is 3. The first-order valence-electron chi connectivity index (χ1n) is 6.13. The van der Waals surface area contributed by atoms with Crippen LogP contribution in [-0.2, 0) is 0 Å². The number of anilines is 1. The van der Waals surface area contributed by atoms with Crippen LogP contribution in [0.5, 0.6) is 0 Å². The quantitative estimate of drug-likeness (QED) is 0.493. The van der Waals surface area contributed by atoms with Crippen LogP contribution in [0.15, 0.2) is 18.2 Å². The van der Waals surface area contributed by atoms with Crippen LogP contribution < -0.4 is 16.0 Å². The first kappa shape index (κ1) is 14.2. The smallest absolute Gasteiger partial charge is 0.293 e. The number of carbonyl (C=O) groups excluding carboxylic acids is 1. The zero-order chi connectivity index (χ0) is 14.7. The lowest BCUT2D eigenvalue weighted by atomic mass is 10.1. The van der Waals surface area contributed by atoms with Gasteiger partial charge in [-0.2, -0.15) is 0 Å². The van der Waals surface area contributed by atoms with Crippen molar-refractivity contribution in [1.82, 2.24) is 5.32 Å². The van der Waals surface area contributed by atoms with E-state index in [2.05, 4.69) is 17.5 Å². The van der Waals surface area contributed by atoms with Crippen LogP contribution in [0, 0.1) is 10.1 Å². The molecule has 106 valence electrons. The van der Waals surface area contributed by atoms with E-state index >= 15 is 0 Å². The zero-order valence-corrected chi connectivity index (χ0v) is 11.5. The number of nitrogens with one attached hydrogen (secondary N) is 1. The molecule has 0 aromatic heterocycles.